The Morgan fingerprint density at radius 3 is 1.76 bits per heavy atom. The molecule has 1 aliphatic heterocycles. The van der Waals surface area contributed by atoms with Crippen LogP contribution in [0.2, 0.25) is 5.02 Å². The van der Waals surface area contributed by atoms with Crippen molar-refractivity contribution < 1.29 is 18.9 Å². The number of para-hydroxylation sites is 1. The maximum Gasteiger partial charge on any atom is 0.162 e. The summed E-state index contributed by atoms with van der Waals surface area (Å²) in [4.78, 5) is 2.27. The summed E-state index contributed by atoms with van der Waals surface area (Å²) in [5.41, 5.74) is 9.15. The molecule has 2 aliphatic rings. The smallest absolute Gasteiger partial charge is 0.162 e. The summed E-state index contributed by atoms with van der Waals surface area (Å²) in [5, 5.41) is 0.683. The largest absolute Gasteiger partial charge is 0.493 e. The molecule has 6 heteroatoms. The minimum Gasteiger partial charge on any atom is -0.493 e. The Bertz CT molecular complexity index is 1820. The zero-order valence-corrected chi connectivity index (χ0v) is 24.0. The molecule has 5 aromatic rings. The predicted octanol–water partition coefficient (Wildman–Crippen LogP) is 8.52. The van der Waals surface area contributed by atoms with E-state index in [1.165, 1.54) is 5.56 Å². The van der Waals surface area contributed by atoms with Gasteiger partial charge in [0.05, 0.1) is 45.2 Å². The van der Waals surface area contributed by atoms with Crippen LogP contribution < -0.4 is 23.8 Å². The molecule has 1 heterocycles. The maximum absolute atomic E-state index is 6.33. The zero-order valence-electron chi connectivity index (χ0n) is 23.2. The SMILES string of the molecule is COc1cc2c(cc1OC)C1(c3ccccc3-2)c2ccccc2N(c2ccc(Cl)cc2)c2cc(OC)c(OC)cc21. The molecule has 0 radical (unpaired) electrons. The summed E-state index contributed by atoms with van der Waals surface area (Å²) in [6.45, 7) is 0. The van der Waals surface area contributed by atoms with Crippen molar-refractivity contribution in [3.05, 3.63) is 124 Å². The highest BCUT2D eigenvalue weighted by molar-refractivity contribution is 6.30. The van der Waals surface area contributed by atoms with Crippen molar-refractivity contribution in [2.24, 2.45) is 0 Å². The Morgan fingerprint density at radius 2 is 1.07 bits per heavy atom. The fourth-order valence-electron chi connectivity index (χ4n) is 6.67. The van der Waals surface area contributed by atoms with Crippen molar-refractivity contribution in [2.45, 2.75) is 5.41 Å². The second-order valence-corrected chi connectivity index (χ2v) is 10.5. The van der Waals surface area contributed by atoms with Crippen molar-refractivity contribution in [1.82, 2.24) is 0 Å². The fourth-order valence-corrected chi connectivity index (χ4v) is 6.79. The lowest BCUT2D eigenvalue weighted by molar-refractivity contribution is 0.353. The molecule has 0 saturated carbocycles. The van der Waals surface area contributed by atoms with Crippen LogP contribution >= 0.6 is 11.6 Å². The highest BCUT2D eigenvalue weighted by Crippen LogP contribution is 2.65. The number of benzene rings is 5. The first-order chi connectivity index (χ1) is 20.1. The number of rotatable bonds is 5. The lowest BCUT2D eigenvalue weighted by atomic mass is 9.64. The van der Waals surface area contributed by atoms with E-state index in [0.29, 0.717) is 28.0 Å². The van der Waals surface area contributed by atoms with Gasteiger partial charge in [0.2, 0.25) is 0 Å². The van der Waals surface area contributed by atoms with Gasteiger partial charge >= 0.3 is 0 Å². The van der Waals surface area contributed by atoms with E-state index in [2.05, 4.69) is 77.7 Å². The molecular formula is C35H28ClNO4. The van der Waals surface area contributed by atoms with Crippen molar-refractivity contribution in [1.29, 1.82) is 0 Å². The lowest BCUT2D eigenvalue weighted by Crippen LogP contribution is -2.36. The average molecular weight is 562 g/mol. The van der Waals surface area contributed by atoms with Crippen LogP contribution in [0.3, 0.4) is 0 Å². The third-order valence-electron chi connectivity index (χ3n) is 8.33. The number of methoxy groups -OCH3 is 4. The molecule has 7 rings (SSSR count). The third-order valence-corrected chi connectivity index (χ3v) is 8.58. The molecule has 0 amide bonds. The first-order valence-electron chi connectivity index (χ1n) is 13.3. The van der Waals surface area contributed by atoms with Crippen molar-refractivity contribution in [3.8, 4) is 34.1 Å². The summed E-state index contributed by atoms with van der Waals surface area (Å²) < 4.78 is 23.4. The Hall–Kier alpha value is -4.61. The van der Waals surface area contributed by atoms with Gasteiger partial charge in [-0.3, -0.25) is 0 Å². The van der Waals surface area contributed by atoms with Crippen LogP contribution in [0.25, 0.3) is 11.1 Å². The minimum atomic E-state index is -0.667. The van der Waals surface area contributed by atoms with Crippen LogP contribution in [0.5, 0.6) is 23.0 Å². The van der Waals surface area contributed by atoms with Gasteiger partial charge in [-0.1, -0.05) is 54.1 Å². The fraction of sp³-hybridized carbons (Fsp3) is 0.143. The second kappa shape index (κ2) is 9.50. The molecule has 1 aliphatic carbocycles. The Kier molecular flexibility index (Phi) is 5.87. The van der Waals surface area contributed by atoms with E-state index in [1.807, 2.05) is 24.3 Å². The van der Waals surface area contributed by atoms with Gasteiger partial charge < -0.3 is 23.8 Å². The molecule has 5 nitrogen and oxygen atoms in total. The van der Waals surface area contributed by atoms with E-state index < -0.39 is 5.41 Å². The summed E-state index contributed by atoms with van der Waals surface area (Å²) in [7, 11) is 6.70. The molecule has 1 atom stereocenters. The lowest BCUT2D eigenvalue weighted by Gasteiger charge is -2.45. The Morgan fingerprint density at radius 1 is 0.512 bits per heavy atom. The van der Waals surface area contributed by atoms with E-state index >= 15 is 0 Å². The second-order valence-electron chi connectivity index (χ2n) is 10.1. The van der Waals surface area contributed by atoms with Crippen LogP contribution in [0.15, 0.2) is 97.1 Å². The molecule has 1 spiro atoms. The number of hydrogen-bond acceptors (Lipinski definition) is 5. The van der Waals surface area contributed by atoms with Crippen molar-refractivity contribution in [3.63, 3.8) is 0 Å². The van der Waals surface area contributed by atoms with Gasteiger partial charge in [-0.25, -0.2) is 0 Å². The van der Waals surface area contributed by atoms with Crippen LogP contribution in [0.1, 0.15) is 22.3 Å². The van der Waals surface area contributed by atoms with Gasteiger partial charge in [0.25, 0.3) is 0 Å². The maximum atomic E-state index is 6.33. The Labute approximate surface area is 244 Å². The molecule has 0 fully saturated rings. The third kappa shape index (κ3) is 3.42. The molecule has 204 valence electrons. The van der Waals surface area contributed by atoms with E-state index in [9.17, 15) is 0 Å². The first-order valence-corrected chi connectivity index (χ1v) is 13.7. The quantitative estimate of drug-likeness (QED) is 0.211. The van der Waals surface area contributed by atoms with Gasteiger partial charge in [0.15, 0.2) is 23.0 Å². The number of halogens is 1. The topological polar surface area (TPSA) is 40.2 Å². The van der Waals surface area contributed by atoms with E-state index in [-0.39, 0.29) is 0 Å². The van der Waals surface area contributed by atoms with Gasteiger partial charge in [0, 0.05) is 16.8 Å². The van der Waals surface area contributed by atoms with Crippen LogP contribution in [0, 0.1) is 0 Å². The molecule has 41 heavy (non-hydrogen) atoms. The van der Waals surface area contributed by atoms with Gasteiger partial charge in [0.1, 0.15) is 0 Å². The predicted molar refractivity (Wildman–Crippen MR) is 163 cm³/mol. The van der Waals surface area contributed by atoms with Crippen molar-refractivity contribution >= 4 is 28.7 Å². The number of ether oxygens (including phenoxy) is 4. The van der Waals surface area contributed by atoms with Crippen molar-refractivity contribution in [2.75, 3.05) is 33.3 Å². The molecule has 0 saturated heterocycles. The highest BCUT2D eigenvalue weighted by atomic mass is 35.5. The average Bonchev–Trinajstić information content (AvgIpc) is 3.30. The van der Waals surface area contributed by atoms with Gasteiger partial charge in [-0.05, 0) is 81.9 Å². The molecule has 0 N–H and O–H groups in total. The normalized spacial score (nSPS) is 16.0. The summed E-state index contributed by atoms with van der Waals surface area (Å²) in [5.74, 6) is 2.68. The number of fused-ring (bicyclic) bond motifs is 9. The Balaban J connectivity index is 1.68. The summed E-state index contributed by atoms with van der Waals surface area (Å²) in [6, 6.07) is 33.5. The number of nitrogens with zero attached hydrogens (tertiary/aromatic N) is 1. The molecule has 5 aromatic carbocycles. The van der Waals surface area contributed by atoms with Crippen LogP contribution in [0.4, 0.5) is 17.1 Å². The number of anilines is 3. The van der Waals surface area contributed by atoms with E-state index in [4.69, 9.17) is 30.5 Å². The molecule has 0 aromatic heterocycles. The van der Waals surface area contributed by atoms with E-state index in [0.717, 1.165) is 44.9 Å². The summed E-state index contributed by atoms with van der Waals surface area (Å²) in [6.07, 6.45) is 0. The first kappa shape index (κ1) is 25.4. The minimum absolute atomic E-state index is 0.651. The summed E-state index contributed by atoms with van der Waals surface area (Å²) >= 11 is 6.33. The van der Waals surface area contributed by atoms with Crippen LogP contribution in [-0.4, -0.2) is 28.4 Å². The monoisotopic (exact) mass is 561 g/mol. The highest BCUT2D eigenvalue weighted by Gasteiger charge is 2.52. The molecule has 0 bridgehead atoms. The van der Waals surface area contributed by atoms with Gasteiger partial charge in [-0.2, -0.15) is 0 Å². The van der Waals surface area contributed by atoms with Crippen LogP contribution in [-0.2, 0) is 5.41 Å². The van der Waals surface area contributed by atoms with E-state index in [1.54, 1.807) is 28.4 Å². The van der Waals surface area contributed by atoms with Gasteiger partial charge in [-0.15, -0.1) is 0 Å². The number of hydrogen-bond donors (Lipinski definition) is 0. The molecular weight excluding hydrogens is 534 g/mol. The standard InChI is InChI=1S/C35H28ClNO4/c1-38-31-17-24-23-9-5-6-10-25(23)35(27(24)18-32(31)39-2)26-11-7-8-12-29(26)37(22-15-13-21(36)14-16-22)30-20-34(41-4)33(40-3)19-28(30)35/h5-20H,1-4H3. The molecule has 1 unspecified atom stereocenters. The zero-order chi connectivity index (χ0) is 28.3.